The summed E-state index contributed by atoms with van der Waals surface area (Å²) in [6.07, 6.45) is -0.0121. The molecule has 1 atom stereocenters. The highest BCUT2D eigenvalue weighted by Crippen LogP contribution is 2.45. The van der Waals surface area contributed by atoms with Gasteiger partial charge in [0.1, 0.15) is 17.5 Å². The largest absolute Gasteiger partial charge is 0.436 e. The number of aromatic amines is 1. The van der Waals surface area contributed by atoms with Crippen molar-refractivity contribution in [1.29, 1.82) is 0 Å². The van der Waals surface area contributed by atoms with Crippen molar-refractivity contribution >= 4 is 29.3 Å². The van der Waals surface area contributed by atoms with Gasteiger partial charge in [-0.05, 0) is 42.7 Å². The van der Waals surface area contributed by atoms with Crippen LogP contribution in [0.15, 0.2) is 30.3 Å². The summed E-state index contributed by atoms with van der Waals surface area (Å²) >= 11 is 5.97. The van der Waals surface area contributed by atoms with E-state index in [1.165, 1.54) is 17.0 Å². The minimum Gasteiger partial charge on any atom is -0.436 e. The minimum absolute atomic E-state index is 0.0270. The zero-order chi connectivity index (χ0) is 24.0. The first-order valence-electron chi connectivity index (χ1n) is 10.4. The maximum atomic E-state index is 15.0. The fraction of sp³-hybridized carbons (Fsp3) is 0.273. The lowest BCUT2D eigenvalue weighted by molar-refractivity contribution is -0.0420. The minimum atomic E-state index is -1.41. The molecule has 0 bridgehead atoms. The van der Waals surface area contributed by atoms with E-state index in [1.807, 2.05) is 0 Å². The van der Waals surface area contributed by atoms with Crippen LogP contribution in [-0.4, -0.2) is 45.2 Å². The van der Waals surface area contributed by atoms with Gasteiger partial charge in [-0.15, -0.1) is 10.2 Å². The van der Waals surface area contributed by atoms with Gasteiger partial charge in [0.05, 0.1) is 22.8 Å². The van der Waals surface area contributed by atoms with Crippen molar-refractivity contribution in [2.24, 2.45) is 0 Å². The third-order valence-corrected chi connectivity index (χ3v) is 6.14. The molecule has 3 heterocycles. The van der Waals surface area contributed by atoms with Gasteiger partial charge in [0, 0.05) is 19.0 Å². The van der Waals surface area contributed by atoms with Crippen LogP contribution in [0, 0.1) is 17.5 Å². The molecule has 2 aliphatic rings. The van der Waals surface area contributed by atoms with E-state index in [-0.39, 0.29) is 40.9 Å². The second kappa shape index (κ2) is 8.32. The number of ether oxygens (including phenoxy) is 1. The number of aromatic nitrogens is 3. The normalized spacial score (nSPS) is 19.5. The van der Waals surface area contributed by atoms with E-state index in [0.717, 1.165) is 18.2 Å². The van der Waals surface area contributed by atoms with Gasteiger partial charge in [-0.3, -0.25) is 10.1 Å². The van der Waals surface area contributed by atoms with E-state index in [0.29, 0.717) is 24.9 Å². The van der Waals surface area contributed by atoms with Gasteiger partial charge in [0.15, 0.2) is 11.4 Å². The van der Waals surface area contributed by atoms with Crippen LogP contribution in [0.5, 0.6) is 0 Å². The number of anilines is 1. The predicted octanol–water partition coefficient (Wildman–Crippen LogP) is 4.16. The molecular weight excluding hydrogens is 475 g/mol. The quantitative estimate of drug-likeness (QED) is 0.573. The topological polar surface area (TPSA) is 100 Å². The number of nitrogens with one attached hydrogen (secondary N) is 2. The Kier molecular flexibility index (Phi) is 5.43. The van der Waals surface area contributed by atoms with Crippen molar-refractivity contribution in [2.75, 3.05) is 18.4 Å². The van der Waals surface area contributed by atoms with Crippen molar-refractivity contribution in [3.63, 3.8) is 0 Å². The Hall–Kier alpha value is -3.60. The summed E-state index contributed by atoms with van der Waals surface area (Å²) < 4.78 is 47.4. The summed E-state index contributed by atoms with van der Waals surface area (Å²) in [7, 11) is 0. The average Bonchev–Trinajstić information content (AvgIpc) is 3.23. The highest BCUT2D eigenvalue weighted by Gasteiger charge is 2.48. The van der Waals surface area contributed by atoms with Gasteiger partial charge >= 0.3 is 6.09 Å². The van der Waals surface area contributed by atoms with Gasteiger partial charge in [0.25, 0.3) is 5.91 Å². The summed E-state index contributed by atoms with van der Waals surface area (Å²) in [5.41, 5.74) is -0.780. The van der Waals surface area contributed by atoms with Gasteiger partial charge in [0.2, 0.25) is 5.82 Å². The summed E-state index contributed by atoms with van der Waals surface area (Å²) in [6, 6.07) is 5.89. The first kappa shape index (κ1) is 22.2. The van der Waals surface area contributed by atoms with E-state index >= 15 is 4.39 Å². The Bertz CT molecular complexity index is 1300. The van der Waals surface area contributed by atoms with Crippen LogP contribution in [-0.2, 0) is 16.8 Å². The van der Waals surface area contributed by atoms with Crippen molar-refractivity contribution < 1.29 is 27.5 Å². The number of piperidine rings is 1. The Labute approximate surface area is 196 Å². The number of H-pyrrole nitrogens is 1. The number of fused-ring (bicyclic) bond motifs is 2. The smallest absolute Gasteiger partial charge is 0.412 e. The van der Waals surface area contributed by atoms with Crippen molar-refractivity contribution in [3.8, 4) is 0 Å². The fourth-order valence-electron chi connectivity index (χ4n) is 4.48. The molecule has 0 saturated carbocycles. The Balaban J connectivity index is 1.40. The van der Waals surface area contributed by atoms with Crippen LogP contribution in [0.2, 0.25) is 5.02 Å². The molecular formula is C22H17ClF3N5O3. The zero-order valence-corrected chi connectivity index (χ0v) is 18.3. The fourth-order valence-corrected chi connectivity index (χ4v) is 4.63. The number of hydrogen-bond acceptors (Lipinski definition) is 5. The standard InChI is InChI=1S/C22H17ClF3N5O3/c23-14-2-3-15-17(18(14)26)22(34-21(33)27-15)4-1-5-31(10-22)20(32)19-28-16(29-30-19)8-11-6-12(24)9-13(25)7-11/h2-3,6-7,9H,1,4-5,8,10H2,(H,27,33)(H,28,29,30)/t22-/m0/s1. The third kappa shape index (κ3) is 3.96. The maximum Gasteiger partial charge on any atom is 0.412 e. The van der Waals surface area contributed by atoms with Crippen LogP contribution in [0.4, 0.5) is 23.7 Å². The van der Waals surface area contributed by atoms with Crippen molar-refractivity contribution in [1.82, 2.24) is 20.1 Å². The van der Waals surface area contributed by atoms with Gasteiger partial charge < -0.3 is 14.6 Å². The molecule has 176 valence electrons. The van der Waals surface area contributed by atoms with E-state index in [1.54, 1.807) is 0 Å². The molecule has 5 rings (SSSR count). The monoisotopic (exact) mass is 491 g/mol. The average molecular weight is 492 g/mol. The van der Waals surface area contributed by atoms with Crippen LogP contribution in [0.1, 0.15) is 40.4 Å². The molecule has 3 aromatic rings. The number of hydrogen-bond donors (Lipinski definition) is 2. The van der Waals surface area contributed by atoms with Gasteiger partial charge in [-0.2, -0.15) is 0 Å². The number of carbonyl (C=O) groups is 2. The molecule has 1 fully saturated rings. The SMILES string of the molecule is O=C1Nc2ccc(Cl)c(F)c2[C@@]2(CCCN(C(=O)c3nnc(Cc4cc(F)cc(F)c4)[nH]3)C2)O1. The number of carbonyl (C=O) groups excluding carboxylic acids is 2. The van der Waals surface area contributed by atoms with Crippen LogP contribution in [0.3, 0.4) is 0 Å². The molecule has 0 aliphatic carbocycles. The molecule has 0 radical (unpaired) electrons. The molecule has 12 heteroatoms. The molecule has 2 N–H and O–H groups in total. The molecule has 2 aromatic carbocycles. The number of rotatable bonds is 3. The van der Waals surface area contributed by atoms with Gasteiger partial charge in [-0.1, -0.05) is 11.6 Å². The first-order chi connectivity index (χ1) is 16.2. The summed E-state index contributed by atoms with van der Waals surface area (Å²) in [5, 5.41) is 10.1. The van der Waals surface area contributed by atoms with Gasteiger partial charge in [-0.25, -0.2) is 18.0 Å². The molecule has 1 saturated heterocycles. The Morgan fingerprint density at radius 1 is 1.18 bits per heavy atom. The highest BCUT2D eigenvalue weighted by atomic mass is 35.5. The predicted molar refractivity (Wildman–Crippen MR) is 114 cm³/mol. The lowest BCUT2D eigenvalue weighted by Gasteiger charge is -2.44. The molecule has 1 aromatic heterocycles. The molecule has 2 aliphatic heterocycles. The van der Waals surface area contributed by atoms with Crippen LogP contribution in [0.25, 0.3) is 0 Å². The summed E-state index contributed by atoms with van der Waals surface area (Å²) in [5.74, 6) is -2.59. The lowest BCUT2D eigenvalue weighted by atomic mass is 9.83. The van der Waals surface area contributed by atoms with E-state index in [4.69, 9.17) is 16.3 Å². The second-order valence-electron chi connectivity index (χ2n) is 8.20. The van der Waals surface area contributed by atoms with E-state index < -0.39 is 35.1 Å². The molecule has 34 heavy (non-hydrogen) atoms. The first-order valence-corrected chi connectivity index (χ1v) is 10.8. The molecule has 0 unspecified atom stereocenters. The molecule has 8 nitrogen and oxygen atoms in total. The number of benzene rings is 2. The second-order valence-corrected chi connectivity index (χ2v) is 8.60. The van der Waals surface area contributed by atoms with Crippen LogP contribution < -0.4 is 5.32 Å². The molecule has 2 amide bonds. The lowest BCUT2D eigenvalue weighted by Crippen LogP contribution is -2.53. The Morgan fingerprint density at radius 2 is 1.94 bits per heavy atom. The molecule has 1 spiro atoms. The zero-order valence-electron chi connectivity index (χ0n) is 17.5. The van der Waals surface area contributed by atoms with Crippen molar-refractivity contribution in [3.05, 3.63) is 75.6 Å². The van der Waals surface area contributed by atoms with Crippen molar-refractivity contribution in [2.45, 2.75) is 24.9 Å². The van der Waals surface area contributed by atoms with E-state index in [9.17, 15) is 18.4 Å². The maximum absolute atomic E-state index is 15.0. The van der Waals surface area contributed by atoms with E-state index in [2.05, 4.69) is 20.5 Å². The summed E-state index contributed by atoms with van der Waals surface area (Å²) in [4.78, 5) is 29.5. The highest BCUT2D eigenvalue weighted by molar-refractivity contribution is 6.31. The van der Waals surface area contributed by atoms with Crippen LogP contribution >= 0.6 is 11.6 Å². The number of likely N-dealkylation sites (tertiary alicyclic amines) is 1. The summed E-state index contributed by atoms with van der Waals surface area (Å²) in [6.45, 7) is 0.197. The number of halogens is 4. The number of amides is 2. The number of nitrogens with zero attached hydrogens (tertiary/aromatic N) is 3. The Morgan fingerprint density at radius 3 is 2.71 bits per heavy atom. The third-order valence-electron chi connectivity index (χ3n) is 5.85.